The van der Waals surface area contributed by atoms with Gasteiger partial charge in [0.05, 0.1) is 0 Å². The third kappa shape index (κ3) is 4.53. The Hall–Kier alpha value is -3.15. The summed E-state index contributed by atoms with van der Waals surface area (Å²) in [5.41, 5.74) is 3.40. The van der Waals surface area contributed by atoms with Gasteiger partial charge >= 0.3 is 0 Å². The van der Waals surface area contributed by atoms with Gasteiger partial charge in [0, 0.05) is 25.4 Å². The van der Waals surface area contributed by atoms with Crippen molar-refractivity contribution in [1.29, 1.82) is 0 Å². The Kier molecular flexibility index (Phi) is 5.14. The van der Waals surface area contributed by atoms with Crippen molar-refractivity contribution in [3.05, 3.63) is 71.3 Å². The predicted octanol–water partition coefficient (Wildman–Crippen LogP) is 4.04. The van der Waals surface area contributed by atoms with E-state index in [0.29, 0.717) is 6.61 Å². The fourth-order valence-corrected chi connectivity index (χ4v) is 3.20. The van der Waals surface area contributed by atoms with Gasteiger partial charge in [0.25, 0.3) is 0 Å². The first-order chi connectivity index (χ1) is 13.3. The minimum absolute atomic E-state index is 0.407. The van der Waals surface area contributed by atoms with Crippen molar-refractivity contribution in [2.45, 2.75) is 26.4 Å². The summed E-state index contributed by atoms with van der Waals surface area (Å²) in [6.45, 7) is 4.21. The van der Waals surface area contributed by atoms with Gasteiger partial charge < -0.3 is 14.2 Å². The molecule has 3 heterocycles. The molecule has 0 aliphatic carbocycles. The van der Waals surface area contributed by atoms with Gasteiger partial charge in [0.2, 0.25) is 0 Å². The molecule has 0 unspecified atom stereocenters. The Morgan fingerprint density at radius 2 is 2.04 bits per heavy atom. The molecular weight excluding hydrogens is 340 g/mol. The van der Waals surface area contributed by atoms with Gasteiger partial charge in [0.1, 0.15) is 23.8 Å². The number of aromatic nitrogens is 3. The molecule has 1 saturated heterocycles. The van der Waals surface area contributed by atoms with E-state index in [1.165, 1.54) is 5.57 Å². The van der Waals surface area contributed by atoms with Gasteiger partial charge in [0.15, 0.2) is 5.82 Å². The molecule has 27 heavy (non-hydrogen) atoms. The fourth-order valence-electron chi connectivity index (χ4n) is 3.20. The van der Waals surface area contributed by atoms with E-state index in [0.717, 1.165) is 54.5 Å². The number of hydrogen-bond acceptors (Lipinski definition) is 6. The maximum Gasteiger partial charge on any atom is 0.151 e. The van der Waals surface area contributed by atoms with Crippen molar-refractivity contribution in [2.24, 2.45) is 0 Å². The maximum atomic E-state index is 5.83. The summed E-state index contributed by atoms with van der Waals surface area (Å²) in [6, 6.07) is 14.0. The van der Waals surface area contributed by atoms with Gasteiger partial charge in [-0.25, -0.2) is 0 Å². The highest BCUT2D eigenvalue weighted by atomic mass is 16.5. The highest BCUT2D eigenvalue weighted by Crippen LogP contribution is 2.24. The number of aryl methyl sites for hydroxylation is 1. The molecule has 1 aromatic carbocycles. The van der Waals surface area contributed by atoms with Crippen molar-refractivity contribution in [3.63, 3.8) is 0 Å². The van der Waals surface area contributed by atoms with Gasteiger partial charge in [-0.3, -0.25) is 0 Å². The lowest BCUT2D eigenvalue weighted by Crippen LogP contribution is -2.31. The lowest BCUT2D eigenvalue weighted by atomic mass is 10.0. The minimum atomic E-state index is 0.407. The van der Waals surface area contributed by atoms with E-state index in [1.807, 2.05) is 37.3 Å². The molecule has 138 valence electrons. The van der Waals surface area contributed by atoms with Gasteiger partial charge in [-0.1, -0.05) is 28.9 Å². The lowest BCUT2D eigenvalue weighted by Gasteiger charge is -2.29. The Morgan fingerprint density at radius 1 is 1.15 bits per heavy atom. The molecule has 1 aliphatic heterocycles. The Bertz CT molecular complexity index is 911. The minimum Gasteiger partial charge on any atom is -0.487 e. The van der Waals surface area contributed by atoms with Gasteiger partial charge in [-0.05, 0) is 49.6 Å². The third-order valence-corrected chi connectivity index (χ3v) is 4.58. The van der Waals surface area contributed by atoms with Crippen LogP contribution in [0.15, 0.2) is 58.8 Å². The second kappa shape index (κ2) is 8.03. The Labute approximate surface area is 158 Å². The van der Waals surface area contributed by atoms with Crippen LogP contribution in [0.5, 0.6) is 5.75 Å². The second-order valence-corrected chi connectivity index (χ2v) is 6.66. The van der Waals surface area contributed by atoms with Crippen molar-refractivity contribution in [1.82, 2.24) is 15.4 Å². The first kappa shape index (κ1) is 17.3. The van der Waals surface area contributed by atoms with Crippen LogP contribution in [0.25, 0.3) is 6.08 Å². The lowest BCUT2D eigenvalue weighted by molar-refractivity contribution is 0.288. The molecule has 0 atom stereocenters. The van der Waals surface area contributed by atoms with Crippen LogP contribution in [0, 0.1) is 6.92 Å². The number of rotatable bonds is 5. The van der Waals surface area contributed by atoms with E-state index < -0.39 is 0 Å². The van der Waals surface area contributed by atoms with E-state index in [9.17, 15) is 0 Å². The summed E-state index contributed by atoms with van der Waals surface area (Å²) in [7, 11) is 0. The molecule has 6 heteroatoms. The highest BCUT2D eigenvalue weighted by molar-refractivity contribution is 5.56. The summed E-state index contributed by atoms with van der Waals surface area (Å²) in [4.78, 5) is 2.28. The van der Waals surface area contributed by atoms with Gasteiger partial charge in [-0.2, -0.15) is 5.10 Å². The summed E-state index contributed by atoms with van der Waals surface area (Å²) in [5.74, 6) is 2.58. The molecule has 1 aliphatic rings. The van der Waals surface area contributed by atoms with Crippen LogP contribution in [0.1, 0.15) is 29.9 Å². The number of benzene rings is 1. The van der Waals surface area contributed by atoms with E-state index >= 15 is 0 Å². The maximum absolute atomic E-state index is 5.83. The fraction of sp³-hybridized carbons (Fsp3) is 0.286. The zero-order valence-corrected chi connectivity index (χ0v) is 15.3. The van der Waals surface area contributed by atoms with Crippen LogP contribution < -0.4 is 9.64 Å². The van der Waals surface area contributed by atoms with Crippen molar-refractivity contribution >= 4 is 11.9 Å². The zero-order chi connectivity index (χ0) is 18.5. The summed E-state index contributed by atoms with van der Waals surface area (Å²) < 4.78 is 10.9. The standard InChI is InChI=1S/C21H22N4O2/c1-16-12-19(24-27-16)15-26-20-5-2-4-18(14-20)13-17-7-10-25(11-8-17)21-6-3-9-22-23-21/h2-6,9,12-14H,7-8,10-11,15H2,1H3. The summed E-state index contributed by atoms with van der Waals surface area (Å²) in [5, 5.41) is 12.1. The van der Waals surface area contributed by atoms with Crippen LogP contribution in [-0.4, -0.2) is 28.4 Å². The van der Waals surface area contributed by atoms with Crippen LogP contribution in [0.3, 0.4) is 0 Å². The highest BCUT2D eigenvalue weighted by Gasteiger charge is 2.15. The molecule has 0 amide bonds. The van der Waals surface area contributed by atoms with Crippen LogP contribution >= 0.6 is 0 Å². The molecule has 0 saturated carbocycles. The van der Waals surface area contributed by atoms with Crippen molar-refractivity contribution in [2.75, 3.05) is 18.0 Å². The Morgan fingerprint density at radius 3 is 2.78 bits per heavy atom. The van der Waals surface area contributed by atoms with Crippen molar-refractivity contribution in [3.8, 4) is 5.75 Å². The normalized spacial score (nSPS) is 14.3. The molecule has 2 aromatic heterocycles. The predicted molar refractivity (Wildman–Crippen MR) is 103 cm³/mol. The molecule has 3 aromatic rings. The summed E-state index contributed by atoms with van der Waals surface area (Å²) in [6.07, 6.45) is 6.03. The van der Waals surface area contributed by atoms with E-state index in [2.05, 4.69) is 38.5 Å². The van der Waals surface area contributed by atoms with Crippen LogP contribution in [0.2, 0.25) is 0 Å². The second-order valence-electron chi connectivity index (χ2n) is 6.66. The average molecular weight is 362 g/mol. The molecule has 6 nitrogen and oxygen atoms in total. The largest absolute Gasteiger partial charge is 0.487 e. The molecule has 4 rings (SSSR count). The Balaban J connectivity index is 1.36. The van der Waals surface area contributed by atoms with E-state index in [4.69, 9.17) is 9.26 Å². The quantitative estimate of drug-likeness (QED) is 0.683. The average Bonchev–Trinajstić information content (AvgIpc) is 3.13. The number of anilines is 1. The SMILES string of the molecule is Cc1cc(COc2cccc(C=C3CCN(c4cccnn4)CC3)c2)no1. The monoisotopic (exact) mass is 362 g/mol. The molecule has 1 fully saturated rings. The smallest absolute Gasteiger partial charge is 0.151 e. The zero-order valence-electron chi connectivity index (χ0n) is 15.3. The molecular formula is C21H22N4O2. The van der Waals surface area contributed by atoms with Gasteiger partial charge in [-0.15, -0.1) is 5.10 Å². The third-order valence-electron chi connectivity index (χ3n) is 4.58. The number of nitrogens with zero attached hydrogens (tertiary/aromatic N) is 4. The molecule has 0 N–H and O–H groups in total. The molecule has 0 bridgehead atoms. The van der Waals surface area contributed by atoms with Crippen LogP contribution in [-0.2, 0) is 6.61 Å². The van der Waals surface area contributed by atoms with Crippen molar-refractivity contribution < 1.29 is 9.26 Å². The van der Waals surface area contributed by atoms with E-state index in [1.54, 1.807) is 6.20 Å². The van der Waals surface area contributed by atoms with E-state index in [-0.39, 0.29) is 0 Å². The first-order valence-electron chi connectivity index (χ1n) is 9.13. The number of ether oxygens (including phenoxy) is 1. The first-order valence-corrected chi connectivity index (χ1v) is 9.13. The molecule has 0 radical (unpaired) electrons. The number of piperidine rings is 1. The number of hydrogen-bond donors (Lipinski definition) is 0. The van der Waals surface area contributed by atoms with Crippen LogP contribution in [0.4, 0.5) is 5.82 Å². The molecule has 0 spiro atoms. The summed E-state index contributed by atoms with van der Waals surface area (Å²) >= 11 is 0. The topological polar surface area (TPSA) is 64.3 Å².